The number of nitrogens with one attached hydrogen (secondary N) is 1. The number of rotatable bonds is 4. The van der Waals surface area contributed by atoms with Crippen LogP contribution in [0.2, 0.25) is 0 Å². The van der Waals surface area contributed by atoms with Crippen molar-refractivity contribution >= 4 is 11.6 Å². The van der Waals surface area contributed by atoms with Crippen LogP contribution >= 0.6 is 0 Å². The number of aryl methyl sites for hydroxylation is 4. The maximum Gasteiger partial charge on any atom is 0.226 e. The Morgan fingerprint density at radius 1 is 0.500 bits per heavy atom. The van der Waals surface area contributed by atoms with Gasteiger partial charge in [-0.25, -0.2) is 33.9 Å². The van der Waals surface area contributed by atoms with Crippen LogP contribution in [0.15, 0.2) is 192 Å². The lowest BCUT2D eigenvalue weighted by Crippen LogP contribution is -2.53. The number of hydroxylamine groups is 1. The number of para-hydroxylation sites is 4. The number of benzene rings is 4. The predicted octanol–water partition coefficient (Wildman–Crippen LogP) is 17.5. The number of allylic oxidation sites excluding steroid dienone is 5. The first-order chi connectivity index (χ1) is 50.1. The molecule has 0 amide bonds. The third-order valence-electron chi connectivity index (χ3n) is 25.1. The number of carbonyl (C=O) groups is 2. The molecule has 104 heavy (non-hydrogen) atoms. The topological polar surface area (TPSA) is 213 Å². The molecule has 4 N–H and O–H groups in total. The molecule has 18 heteroatoms. The Bertz CT molecular complexity index is 4890. The maximum absolute atomic E-state index is 12.8. The summed E-state index contributed by atoms with van der Waals surface area (Å²) >= 11 is 0. The van der Waals surface area contributed by atoms with Crippen LogP contribution in [0.3, 0.4) is 0 Å². The molecule has 8 aliphatic carbocycles. The average molecular weight is 1400 g/mol. The lowest BCUT2D eigenvalue weighted by atomic mass is 9.50. The van der Waals surface area contributed by atoms with Crippen molar-refractivity contribution in [3.8, 4) is 22.7 Å². The summed E-state index contributed by atoms with van der Waals surface area (Å²) in [4.78, 5) is 32.8. The molecule has 0 saturated heterocycles. The number of carbonyl (C=O) groups excluding carboxylic acids is 2. The minimum atomic E-state index is -0.549. The molecule has 4 aromatic carbocycles. The number of nitrogens with zero attached hydrogens (tertiary/aromatic N) is 11. The first-order valence-corrected chi connectivity index (χ1v) is 36.2. The smallest absolute Gasteiger partial charge is 0.226 e. The number of ketones is 2. The van der Waals surface area contributed by atoms with Gasteiger partial charge in [0.05, 0.1) is 95.9 Å². The number of aliphatic hydroxyl groups is 2. The zero-order chi connectivity index (χ0) is 75.4. The first-order valence-electron chi connectivity index (χ1n) is 37.2. The Balaban J connectivity index is 0.000000129. The standard InChI is InChI=1S/2C21H23N3O.C21H21N3O.C21H24N2O2.CH5NO.CH4/c1-20(2)17-10-9-14-12-22-24(16-7-5-4-6-8-16)18(14)21(17,3)11-15-13-23-25-19(15)20;2*1-20(2)17-11-10-14-13-23-24(15-8-6-5-7-9-15)18(14)21(17,3)12-16(22-4)19(20)25;1-20(2)17-10-9-14-12-22-23(16-7-5-4-6-8-16)18(14)21(17,3)11-15(13-24)19(20)25;1-2-3;/h4-8,12-13,17H,9-11H2,1-3H3;5-9,13,17,25H,10-12H2,1-3H3;5-9,12-13,17H,10-11H2,1-3H3;4-8,12-13,17,24H,9-11H2,1-3H3;2-3H,1H3;1H4/b;;;15-13-;;/t4*17-,21-;;/m0000../s1/i;;;;;1T. The first kappa shape index (κ1) is 72.3. The van der Waals surface area contributed by atoms with Gasteiger partial charge in [0, 0.05) is 62.9 Å². The molecule has 5 heterocycles. The van der Waals surface area contributed by atoms with Gasteiger partial charge in [-0.1, -0.05) is 175 Å². The molecule has 1 saturated carbocycles. The van der Waals surface area contributed by atoms with E-state index in [-0.39, 0.29) is 67.9 Å². The molecule has 1 fully saturated rings. The van der Waals surface area contributed by atoms with Crippen molar-refractivity contribution in [2.24, 2.45) is 39.9 Å². The molecular weight excluding hydrogens is 1300 g/mol. The Labute approximate surface area is 613 Å². The van der Waals surface area contributed by atoms with E-state index in [9.17, 15) is 19.8 Å². The summed E-state index contributed by atoms with van der Waals surface area (Å²) in [6.07, 6.45) is 22.9. The second kappa shape index (κ2) is 27.6. The molecule has 0 bridgehead atoms. The minimum Gasteiger partial charge on any atom is -0.523 e. The van der Waals surface area contributed by atoms with Gasteiger partial charge < -0.3 is 24.7 Å². The van der Waals surface area contributed by atoms with Gasteiger partial charge in [0.2, 0.25) is 11.4 Å². The summed E-state index contributed by atoms with van der Waals surface area (Å²) in [6.45, 7) is 40.9. The second-order valence-electron chi connectivity index (χ2n) is 32.6. The Hall–Kier alpha value is -10.0. The molecular formula is C86H100N12O6. The van der Waals surface area contributed by atoms with Crippen LogP contribution in [-0.2, 0) is 68.8 Å². The van der Waals surface area contributed by atoms with E-state index in [1.54, 1.807) is 5.48 Å². The van der Waals surface area contributed by atoms with E-state index < -0.39 is 16.2 Å². The molecule has 0 aliphatic heterocycles. The molecule has 0 unspecified atom stereocenters. The van der Waals surface area contributed by atoms with E-state index in [0.29, 0.717) is 30.0 Å². The highest BCUT2D eigenvalue weighted by molar-refractivity contribution is 6.03. The van der Waals surface area contributed by atoms with Crippen molar-refractivity contribution in [2.75, 3.05) is 7.05 Å². The highest BCUT2D eigenvalue weighted by Gasteiger charge is 2.60. The molecule has 5 aromatic heterocycles. The monoisotopic (exact) mass is 1400 g/mol. The molecule has 540 valence electrons. The molecule has 0 radical (unpaired) electrons. The number of hydrogen-bond donors (Lipinski definition) is 4. The van der Waals surface area contributed by atoms with Gasteiger partial charge in [-0.15, -0.1) is 0 Å². The van der Waals surface area contributed by atoms with Crippen LogP contribution in [0.25, 0.3) is 32.4 Å². The number of aromatic nitrogens is 9. The zero-order valence-electron chi connectivity index (χ0n) is 63.7. The predicted molar refractivity (Wildman–Crippen MR) is 404 cm³/mol. The Morgan fingerprint density at radius 3 is 1.26 bits per heavy atom. The van der Waals surface area contributed by atoms with Crippen molar-refractivity contribution < 1.29 is 30.9 Å². The summed E-state index contributed by atoms with van der Waals surface area (Å²) in [7, 11) is 2.68. The van der Waals surface area contributed by atoms with Gasteiger partial charge in [-0.05, 0) is 165 Å². The highest BCUT2D eigenvalue weighted by atomic mass is 16.5. The van der Waals surface area contributed by atoms with E-state index >= 15 is 0 Å². The molecule has 17 rings (SSSR count). The number of aliphatic hydroxyl groups excluding tert-OH is 2. The van der Waals surface area contributed by atoms with Gasteiger partial charge in [-0.2, -0.15) is 20.4 Å². The number of Topliss-reactive ketones (excluding diaryl/α,β-unsaturated/α-hetero) is 2. The molecule has 8 atom stereocenters. The summed E-state index contributed by atoms with van der Waals surface area (Å²) in [5, 5.41) is 50.6. The largest absolute Gasteiger partial charge is 0.523 e. The van der Waals surface area contributed by atoms with Gasteiger partial charge in [0.15, 0.2) is 11.6 Å². The SMILES string of the molecule is CC1(C)C(=O)/C(=C\O)C[C@]2(C)c3c(cnn3-c3ccccc3)CC[C@@H]12.CC1(C)c2oncc2C[C@]2(C)c3c(cnn3-c3ccccc3)CC[C@@H]12.CNO.[3H]C.[C-]#[N+]C1=C(O)C(C)(C)[C@@H]2CCc3cnn(-c4ccccc4)c3[C@@]2(C)C1.[C-]#[N+]C1=C[C@]2(C)c3c(cnn3-c3ccccc3)CC[C@H]2C(C)(C)C1=O. The normalized spacial score (nSPS) is 26.8. The Morgan fingerprint density at radius 2 is 0.856 bits per heavy atom. The van der Waals surface area contributed by atoms with E-state index in [4.69, 9.17) is 29.3 Å². The molecule has 0 spiro atoms. The summed E-state index contributed by atoms with van der Waals surface area (Å²) < 4.78 is 19.7. The lowest BCUT2D eigenvalue weighted by Gasteiger charge is -2.52. The fourth-order valence-corrected chi connectivity index (χ4v) is 20.8. The number of hydrogen-bond acceptors (Lipinski definition) is 12. The van der Waals surface area contributed by atoms with Gasteiger partial charge in [0.1, 0.15) is 11.5 Å². The van der Waals surface area contributed by atoms with Crippen molar-refractivity contribution in [1.29, 1.82) is 0 Å². The Kier molecular flexibility index (Phi) is 19.2. The fourth-order valence-electron chi connectivity index (χ4n) is 20.8. The van der Waals surface area contributed by atoms with Gasteiger partial charge in [-0.3, -0.25) is 4.79 Å². The van der Waals surface area contributed by atoms with Crippen LogP contribution < -0.4 is 5.48 Å². The van der Waals surface area contributed by atoms with Crippen LogP contribution in [0.1, 0.15) is 187 Å². The van der Waals surface area contributed by atoms with Crippen molar-refractivity contribution in [1.82, 2.24) is 49.8 Å². The maximum atomic E-state index is 12.8. The average Bonchev–Trinajstić information content (AvgIpc) is 1.72. The lowest BCUT2D eigenvalue weighted by molar-refractivity contribution is -0.131. The van der Waals surface area contributed by atoms with Gasteiger partial charge >= 0.3 is 0 Å². The molecule has 9 aromatic rings. The van der Waals surface area contributed by atoms with Crippen molar-refractivity contribution in [3.05, 3.63) is 267 Å². The minimum absolute atomic E-state index is 0.0255. The quantitative estimate of drug-likeness (QED) is 0.0561. The van der Waals surface area contributed by atoms with E-state index in [1.807, 2.05) is 139 Å². The van der Waals surface area contributed by atoms with Crippen molar-refractivity contribution in [2.45, 2.75) is 188 Å². The summed E-state index contributed by atoms with van der Waals surface area (Å²) in [5.41, 5.74) is 16.3. The third kappa shape index (κ3) is 11.8. The summed E-state index contributed by atoms with van der Waals surface area (Å²) in [6, 6.07) is 40.9. The van der Waals surface area contributed by atoms with E-state index in [0.717, 1.165) is 98.3 Å². The van der Waals surface area contributed by atoms with E-state index in [1.165, 1.54) is 59.3 Å². The highest BCUT2D eigenvalue weighted by Crippen LogP contribution is 2.62. The fraction of sp³-hybridized carbons (Fsp3) is 0.430. The van der Waals surface area contributed by atoms with Crippen molar-refractivity contribution in [3.63, 3.8) is 0 Å². The van der Waals surface area contributed by atoms with Crippen LogP contribution in [-0.4, -0.2) is 78.3 Å². The van der Waals surface area contributed by atoms with Gasteiger partial charge in [0.25, 0.3) is 0 Å². The van der Waals surface area contributed by atoms with Crippen LogP contribution in [0.5, 0.6) is 0 Å². The zero-order valence-corrected chi connectivity index (χ0v) is 62.7. The van der Waals surface area contributed by atoms with E-state index in [2.05, 4.69) is 151 Å². The molecule has 18 nitrogen and oxygen atoms in total. The number of fused-ring (bicyclic) bond motifs is 13. The van der Waals surface area contributed by atoms with Crippen LogP contribution in [0, 0.1) is 53.1 Å². The molecule has 8 aliphatic rings. The summed E-state index contributed by atoms with van der Waals surface area (Å²) in [5.74, 6) is 2.56. The third-order valence-corrected chi connectivity index (χ3v) is 25.1. The van der Waals surface area contributed by atoms with Crippen LogP contribution in [0.4, 0.5) is 0 Å². The second-order valence-corrected chi connectivity index (χ2v) is 32.6.